The van der Waals surface area contributed by atoms with Crippen molar-refractivity contribution in [3.8, 4) is 0 Å². The molecule has 3 nitrogen and oxygen atoms in total. The smallest absolute Gasteiger partial charge is 0.173 e. The molecule has 0 bridgehead atoms. The lowest BCUT2D eigenvalue weighted by atomic mass is 9.92. The molecule has 0 aromatic heterocycles. The molecule has 1 aliphatic heterocycles. The molecule has 1 aromatic carbocycles. The van der Waals surface area contributed by atoms with Gasteiger partial charge in [0.1, 0.15) is 0 Å². The van der Waals surface area contributed by atoms with Crippen LogP contribution in [-0.2, 0) is 4.79 Å². The Morgan fingerprint density at radius 2 is 2.10 bits per heavy atom. The third kappa shape index (κ3) is 3.19. The first kappa shape index (κ1) is 16.2. The van der Waals surface area contributed by atoms with Crippen LogP contribution in [0, 0.1) is 0 Å². The highest BCUT2D eigenvalue weighted by molar-refractivity contribution is 9.10. The summed E-state index contributed by atoms with van der Waals surface area (Å²) in [5, 5.41) is 4.00. The zero-order valence-electron chi connectivity index (χ0n) is 12.4. The van der Waals surface area contributed by atoms with Crippen LogP contribution in [0.2, 0.25) is 0 Å². The molecule has 1 heterocycles. The van der Waals surface area contributed by atoms with Crippen molar-refractivity contribution in [3.63, 3.8) is 0 Å². The molecule has 1 aliphatic rings. The number of halogens is 1. The van der Waals surface area contributed by atoms with Gasteiger partial charge in [0.2, 0.25) is 0 Å². The molecule has 112 valence electrons. The Balaban J connectivity index is 2.54. The quantitative estimate of drug-likeness (QED) is 0.817. The van der Waals surface area contributed by atoms with Gasteiger partial charge < -0.3 is 10.2 Å². The van der Waals surface area contributed by atoms with E-state index in [1.54, 1.807) is 6.92 Å². The second-order valence-corrected chi connectivity index (χ2v) is 6.35. The zero-order chi connectivity index (χ0) is 15.6. The van der Waals surface area contributed by atoms with Gasteiger partial charge in [0.05, 0.1) is 6.04 Å². The van der Waals surface area contributed by atoms with Crippen molar-refractivity contribution in [2.75, 3.05) is 6.54 Å². The van der Waals surface area contributed by atoms with Crippen LogP contribution in [-0.4, -0.2) is 22.3 Å². The van der Waals surface area contributed by atoms with Crippen LogP contribution in [0.3, 0.4) is 0 Å². The number of Topliss-reactive ketones (excluding diaryl/α,β-unsaturated/α-hetero) is 1. The SMILES string of the molecule is CCCN1C(=S)NC(c2ccccc2Br)C(C(C)=O)=C1C. The van der Waals surface area contributed by atoms with Gasteiger partial charge in [0.15, 0.2) is 10.9 Å². The van der Waals surface area contributed by atoms with E-state index in [9.17, 15) is 4.79 Å². The van der Waals surface area contributed by atoms with Gasteiger partial charge in [0, 0.05) is 22.3 Å². The molecule has 5 heteroatoms. The predicted molar refractivity (Wildman–Crippen MR) is 93.0 cm³/mol. The number of nitrogens with zero attached hydrogens (tertiary/aromatic N) is 1. The summed E-state index contributed by atoms with van der Waals surface area (Å²) >= 11 is 9.05. The van der Waals surface area contributed by atoms with Crippen LogP contribution in [0.15, 0.2) is 40.0 Å². The van der Waals surface area contributed by atoms with E-state index < -0.39 is 0 Å². The van der Waals surface area contributed by atoms with Gasteiger partial charge in [-0.05, 0) is 44.1 Å². The second kappa shape index (κ2) is 6.71. The van der Waals surface area contributed by atoms with Crippen molar-refractivity contribution in [1.82, 2.24) is 10.2 Å². The third-order valence-electron chi connectivity index (χ3n) is 3.64. The summed E-state index contributed by atoms with van der Waals surface area (Å²) < 4.78 is 0.973. The average Bonchev–Trinajstić information content (AvgIpc) is 2.43. The minimum absolute atomic E-state index is 0.0735. The largest absolute Gasteiger partial charge is 0.351 e. The monoisotopic (exact) mass is 366 g/mol. The summed E-state index contributed by atoms with van der Waals surface area (Å²) in [6, 6.07) is 7.72. The summed E-state index contributed by atoms with van der Waals surface area (Å²) in [5.74, 6) is 0.0735. The van der Waals surface area contributed by atoms with Crippen LogP contribution >= 0.6 is 28.1 Å². The topological polar surface area (TPSA) is 32.3 Å². The Hall–Kier alpha value is -1.20. The molecular formula is C16H19BrN2OS. The second-order valence-electron chi connectivity index (χ2n) is 5.11. The molecule has 1 unspecified atom stereocenters. The van der Waals surface area contributed by atoms with Gasteiger partial charge in [-0.2, -0.15) is 0 Å². The molecule has 0 fully saturated rings. The Morgan fingerprint density at radius 3 is 2.67 bits per heavy atom. The van der Waals surface area contributed by atoms with Gasteiger partial charge >= 0.3 is 0 Å². The maximum atomic E-state index is 12.2. The van der Waals surface area contributed by atoms with E-state index in [-0.39, 0.29) is 11.8 Å². The predicted octanol–water partition coefficient (Wildman–Crippen LogP) is 3.95. The van der Waals surface area contributed by atoms with Gasteiger partial charge in [-0.1, -0.05) is 41.1 Å². The Bertz CT molecular complexity index is 612. The molecule has 0 radical (unpaired) electrons. The number of hydrogen-bond acceptors (Lipinski definition) is 2. The highest BCUT2D eigenvalue weighted by atomic mass is 79.9. The molecule has 0 aliphatic carbocycles. The fourth-order valence-electron chi connectivity index (χ4n) is 2.67. The average molecular weight is 367 g/mol. The van der Waals surface area contributed by atoms with Crippen molar-refractivity contribution >= 4 is 39.0 Å². The molecular weight excluding hydrogens is 348 g/mol. The zero-order valence-corrected chi connectivity index (χ0v) is 14.8. The Kier molecular flexibility index (Phi) is 5.17. The molecule has 2 rings (SSSR count). The normalized spacial score (nSPS) is 18.8. The summed E-state index contributed by atoms with van der Waals surface area (Å²) in [5.41, 5.74) is 2.76. The minimum Gasteiger partial charge on any atom is -0.351 e. The number of ketones is 1. The first-order chi connectivity index (χ1) is 9.97. The standard InChI is InChI=1S/C16H19BrN2OS/c1-4-9-19-10(2)14(11(3)20)15(18-16(19)21)12-7-5-6-8-13(12)17/h5-8,15H,4,9H2,1-3H3,(H,18,21). The van der Waals surface area contributed by atoms with E-state index in [1.807, 2.05) is 36.1 Å². The van der Waals surface area contributed by atoms with E-state index in [2.05, 4.69) is 28.2 Å². The van der Waals surface area contributed by atoms with Crippen LogP contribution < -0.4 is 5.32 Å². The fourth-order valence-corrected chi connectivity index (χ4v) is 3.53. The van der Waals surface area contributed by atoms with Crippen LogP contribution in [0.5, 0.6) is 0 Å². The first-order valence-corrected chi connectivity index (χ1v) is 8.21. The Labute approximate surface area is 139 Å². The first-order valence-electron chi connectivity index (χ1n) is 7.01. The van der Waals surface area contributed by atoms with Crippen LogP contribution in [0.1, 0.15) is 38.8 Å². The van der Waals surface area contributed by atoms with Gasteiger partial charge in [-0.25, -0.2) is 0 Å². The molecule has 0 amide bonds. The number of carbonyl (C=O) groups excluding carboxylic acids is 1. The fraction of sp³-hybridized carbons (Fsp3) is 0.375. The Morgan fingerprint density at radius 1 is 1.43 bits per heavy atom. The molecule has 1 atom stereocenters. The maximum absolute atomic E-state index is 12.2. The lowest BCUT2D eigenvalue weighted by Gasteiger charge is -2.38. The number of benzene rings is 1. The van der Waals surface area contributed by atoms with Crippen molar-refractivity contribution in [2.45, 2.75) is 33.2 Å². The number of rotatable bonds is 4. The number of carbonyl (C=O) groups is 1. The van der Waals surface area contributed by atoms with E-state index in [0.29, 0.717) is 5.11 Å². The molecule has 0 saturated heterocycles. The molecule has 0 saturated carbocycles. The summed E-state index contributed by atoms with van der Waals surface area (Å²) in [4.78, 5) is 14.2. The number of hydrogen-bond donors (Lipinski definition) is 1. The highest BCUT2D eigenvalue weighted by Crippen LogP contribution is 2.34. The summed E-state index contributed by atoms with van der Waals surface area (Å²) in [6.07, 6.45) is 0.976. The van der Waals surface area contributed by atoms with Crippen molar-refractivity contribution in [3.05, 3.63) is 45.6 Å². The molecule has 1 N–H and O–H groups in total. The van der Waals surface area contributed by atoms with Crippen LogP contribution in [0.4, 0.5) is 0 Å². The van der Waals surface area contributed by atoms with E-state index in [1.165, 1.54) is 0 Å². The van der Waals surface area contributed by atoms with Crippen molar-refractivity contribution < 1.29 is 4.79 Å². The van der Waals surface area contributed by atoms with Gasteiger partial charge in [-0.3, -0.25) is 4.79 Å². The summed E-state index contributed by atoms with van der Waals surface area (Å²) in [7, 11) is 0. The lowest BCUT2D eigenvalue weighted by Crippen LogP contribution is -2.47. The lowest BCUT2D eigenvalue weighted by molar-refractivity contribution is -0.114. The van der Waals surface area contributed by atoms with E-state index >= 15 is 0 Å². The maximum Gasteiger partial charge on any atom is 0.173 e. The van der Waals surface area contributed by atoms with Gasteiger partial charge in [-0.15, -0.1) is 0 Å². The third-order valence-corrected chi connectivity index (χ3v) is 4.70. The van der Waals surface area contributed by atoms with E-state index in [0.717, 1.165) is 34.3 Å². The van der Waals surface area contributed by atoms with Crippen molar-refractivity contribution in [1.29, 1.82) is 0 Å². The molecule has 21 heavy (non-hydrogen) atoms. The molecule has 1 aromatic rings. The van der Waals surface area contributed by atoms with Crippen molar-refractivity contribution in [2.24, 2.45) is 0 Å². The van der Waals surface area contributed by atoms with E-state index in [4.69, 9.17) is 12.2 Å². The van der Waals surface area contributed by atoms with Gasteiger partial charge in [0.25, 0.3) is 0 Å². The highest BCUT2D eigenvalue weighted by Gasteiger charge is 2.32. The minimum atomic E-state index is -0.196. The van der Waals surface area contributed by atoms with Crippen LogP contribution in [0.25, 0.3) is 0 Å². The number of allylic oxidation sites excluding steroid dienone is 1. The number of thiocarbonyl (C=S) groups is 1. The number of nitrogens with one attached hydrogen (secondary N) is 1. The molecule has 0 spiro atoms. The summed E-state index contributed by atoms with van der Waals surface area (Å²) in [6.45, 7) is 6.51.